The van der Waals surface area contributed by atoms with E-state index in [0.29, 0.717) is 12.4 Å². The lowest BCUT2D eigenvalue weighted by molar-refractivity contribution is -0.122. The molecule has 0 N–H and O–H groups in total. The predicted molar refractivity (Wildman–Crippen MR) is 80.9 cm³/mol. The summed E-state index contributed by atoms with van der Waals surface area (Å²) in [7, 11) is 0. The average Bonchev–Trinajstić information content (AvgIpc) is 3.11. The topological polar surface area (TPSA) is 44.8 Å². The van der Waals surface area contributed by atoms with Crippen LogP contribution in [0.15, 0.2) is 29.5 Å². The fourth-order valence-corrected chi connectivity index (χ4v) is 3.88. The Morgan fingerprint density at radius 2 is 2.05 bits per heavy atom. The molecule has 0 amide bonds. The molecule has 0 spiro atoms. The Morgan fingerprint density at radius 1 is 1.18 bits per heavy atom. The van der Waals surface area contributed by atoms with E-state index in [0.717, 1.165) is 42.7 Å². The molecule has 116 valence electrons. The zero-order chi connectivity index (χ0) is 15.1. The van der Waals surface area contributed by atoms with Gasteiger partial charge in [0.05, 0.1) is 6.61 Å². The second kappa shape index (κ2) is 5.34. The summed E-state index contributed by atoms with van der Waals surface area (Å²) in [6, 6.07) is 6.06. The number of ketones is 1. The monoisotopic (exact) mass is 300 g/mol. The normalized spacial score (nSPS) is 26.1. The summed E-state index contributed by atoms with van der Waals surface area (Å²) < 4.78 is 16.6. The van der Waals surface area contributed by atoms with Crippen molar-refractivity contribution in [1.29, 1.82) is 0 Å². The Bertz CT molecular complexity index is 646. The van der Waals surface area contributed by atoms with Crippen molar-refractivity contribution in [3.63, 3.8) is 0 Å². The number of ether oxygens (including phenoxy) is 3. The number of carbonyl (C=O) groups is 1. The molecule has 0 saturated heterocycles. The largest absolute Gasteiger partial charge is 0.490 e. The van der Waals surface area contributed by atoms with Gasteiger partial charge in [-0.25, -0.2) is 0 Å². The molecule has 2 atom stereocenters. The molecule has 0 saturated carbocycles. The van der Waals surface area contributed by atoms with Gasteiger partial charge in [-0.3, -0.25) is 4.79 Å². The fourth-order valence-electron chi connectivity index (χ4n) is 3.88. The molecule has 0 radical (unpaired) electrons. The van der Waals surface area contributed by atoms with Gasteiger partial charge in [0.25, 0.3) is 0 Å². The summed E-state index contributed by atoms with van der Waals surface area (Å²) >= 11 is 0. The molecule has 4 heteroatoms. The van der Waals surface area contributed by atoms with E-state index in [2.05, 4.69) is 13.0 Å². The van der Waals surface area contributed by atoms with Crippen molar-refractivity contribution < 1.29 is 19.0 Å². The molecule has 0 bridgehead atoms. The van der Waals surface area contributed by atoms with Crippen LogP contribution < -0.4 is 9.47 Å². The molecule has 2 aliphatic heterocycles. The lowest BCUT2D eigenvalue weighted by atomic mass is 9.80. The van der Waals surface area contributed by atoms with Gasteiger partial charge in [-0.15, -0.1) is 0 Å². The van der Waals surface area contributed by atoms with Crippen LogP contribution in [0.1, 0.15) is 44.1 Å². The Morgan fingerprint density at radius 3 is 2.91 bits per heavy atom. The van der Waals surface area contributed by atoms with E-state index in [9.17, 15) is 4.79 Å². The highest BCUT2D eigenvalue weighted by Gasteiger charge is 2.44. The minimum absolute atomic E-state index is 0.00784. The first kappa shape index (κ1) is 13.7. The van der Waals surface area contributed by atoms with E-state index < -0.39 is 0 Å². The predicted octanol–water partition coefficient (Wildman–Crippen LogP) is 3.56. The van der Waals surface area contributed by atoms with Gasteiger partial charge in [-0.05, 0) is 42.5 Å². The lowest BCUT2D eigenvalue weighted by Gasteiger charge is -2.22. The van der Waals surface area contributed by atoms with Crippen LogP contribution in [0.3, 0.4) is 0 Å². The van der Waals surface area contributed by atoms with Gasteiger partial charge in [0.1, 0.15) is 0 Å². The van der Waals surface area contributed by atoms with Crippen LogP contribution in [-0.4, -0.2) is 19.2 Å². The van der Waals surface area contributed by atoms with E-state index in [1.807, 2.05) is 12.1 Å². The summed E-state index contributed by atoms with van der Waals surface area (Å²) in [6.07, 6.45) is 3.85. The third-order valence-electron chi connectivity index (χ3n) is 4.82. The molecular formula is C18H20O4. The van der Waals surface area contributed by atoms with Crippen LogP contribution in [0.2, 0.25) is 0 Å². The average molecular weight is 300 g/mol. The summed E-state index contributed by atoms with van der Waals surface area (Å²) in [5.74, 6) is 2.55. The molecule has 0 fully saturated rings. The third kappa shape index (κ3) is 2.01. The van der Waals surface area contributed by atoms with E-state index in [4.69, 9.17) is 14.2 Å². The molecule has 4 nitrogen and oxygen atoms in total. The van der Waals surface area contributed by atoms with Gasteiger partial charge in [-0.1, -0.05) is 19.4 Å². The molecule has 0 aromatic heterocycles. The van der Waals surface area contributed by atoms with Gasteiger partial charge in [0, 0.05) is 11.8 Å². The van der Waals surface area contributed by atoms with Gasteiger partial charge < -0.3 is 14.2 Å². The van der Waals surface area contributed by atoms with Crippen molar-refractivity contribution >= 4 is 5.78 Å². The highest BCUT2D eigenvalue weighted by Crippen LogP contribution is 2.49. The summed E-state index contributed by atoms with van der Waals surface area (Å²) in [6.45, 7) is 3.07. The van der Waals surface area contributed by atoms with Crippen molar-refractivity contribution in [1.82, 2.24) is 0 Å². The van der Waals surface area contributed by atoms with Crippen LogP contribution in [-0.2, 0) is 9.53 Å². The molecule has 1 aromatic carbocycles. The summed E-state index contributed by atoms with van der Waals surface area (Å²) in [5, 5.41) is 0. The van der Waals surface area contributed by atoms with Crippen LogP contribution in [0.4, 0.5) is 0 Å². The molecule has 1 aliphatic carbocycles. The molecule has 2 heterocycles. The number of carbonyl (C=O) groups excluding carboxylic acids is 1. The summed E-state index contributed by atoms with van der Waals surface area (Å²) in [5.41, 5.74) is 2.33. The molecular weight excluding hydrogens is 280 g/mol. The molecule has 4 rings (SSSR count). The van der Waals surface area contributed by atoms with E-state index in [1.165, 1.54) is 5.57 Å². The number of Topliss-reactive ketones (excluding diaryl/α,β-unsaturated/α-hetero) is 1. The van der Waals surface area contributed by atoms with Gasteiger partial charge in [0.15, 0.2) is 17.3 Å². The Hall–Kier alpha value is -1.97. The molecule has 22 heavy (non-hydrogen) atoms. The fraction of sp³-hybridized carbons (Fsp3) is 0.500. The first-order valence-corrected chi connectivity index (χ1v) is 8.09. The number of allylic oxidation sites excluding steroid dienone is 2. The minimum atomic E-state index is 0.00784. The maximum atomic E-state index is 12.7. The van der Waals surface area contributed by atoms with Gasteiger partial charge >= 0.3 is 0 Å². The van der Waals surface area contributed by atoms with Crippen molar-refractivity contribution in [2.24, 2.45) is 5.92 Å². The maximum Gasteiger partial charge on any atom is 0.231 e. The number of fused-ring (bicyclic) bond motifs is 1. The second-order valence-electron chi connectivity index (χ2n) is 6.16. The van der Waals surface area contributed by atoms with Gasteiger partial charge in [-0.2, -0.15) is 0 Å². The first-order chi connectivity index (χ1) is 10.8. The Labute approximate surface area is 130 Å². The van der Waals surface area contributed by atoms with Gasteiger partial charge in [0.2, 0.25) is 12.6 Å². The summed E-state index contributed by atoms with van der Waals surface area (Å²) in [4.78, 5) is 12.7. The zero-order valence-electron chi connectivity index (χ0n) is 12.8. The third-order valence-corrected chi connectivity index (χ3v) is 4.82. The molecule has 1 aromatic rings. The van der Waals surface area contributed by atoms with E-state index in [1.54, 1.807) is 0 Å². The zero-order valence-corrected chi connectivity index (χ0v) is 12.8. The minimum Gasteiger partial charge on any atom is -0.490 e. The second-order valence-corrected chi connectivity index (χ2v) is 6.16. The highest BCUT2D eigenvalue weighted by atomic mass is 16.7. The number of rotatable bonds is 3. The maximum absolute atomic E-state index is 12.7. The lowest BCUT2D eigenvalue weighted by Crippen LogP contribution is -2.17. The SMILES string of the molecule is CCC[C@H]1C(=O)C2=C(CCCO2)[C@@H]1c1ccc2c(c1)OCO2. The van der Waals surface area contributed by atoms with Crippen LogP contribution in [0.5, 0.6) is 11.5 Å². The highest BCUT2D eigenvalue weighted by molar-refractivity contribution is 6.00. The van der Waals surface area contributed by atoms with Crippen LogP contribution in [0.25, 0.3) is 0 Å². The van der Waals surface area contributed by atoms with E-state index in [-0.39, 0.29) is 24.4 Å². The van der Waals surface area contributed by atoms with Crippen molar-refractivity contribution in [3.8, 4) is 11.5 Å². The van der Waals surface area contributed by atoms with Crippen LogP contribution >= 0.6 is 0 Å². The standard InChI is InChI=1S/C18H20O4/c1-2-4-12-16(13-5-3-8-20-18(13)17(12)19)11-6-7-14-15(9-11)22-10-21-14/h6-7,9,12,16H,2-5,8,10H2,1H3/t12-,16-/m1/s1. The number of hydrogen-bond donors (Lipinski definition) is 0. The van der Waals surface area contributed by atoms with Crippen molar-refractivity contribution in [2.45, 2.75) is 38.5 Å². The Balaban J connectivity index is 1.76. The van der Waals surface area contributed by atoms with Crippen molar-refractivity contribution in [2.75, 3.05) is 13.4 Å². The Kier molecular flexibility index (Phi) is 3.32. The molecule has 3 aliphatic rings. The quantitative estimate of drug-likeness (QED) is 0.856. The first-order valence-electron chi connectivity index (χ1n) is 8.09. The van der Waals surface area contributed by atoms with Crippen LogP contribution in [0, 0.1) is 5.92 Å². The van der Waals surface area contributed by atoms with Crippen molar-refractivity contribution in [3.05, 3.63) is 35.1 Å². The smallest absolute Gasteiger partial charge is 0.231 e. The number of benzene rings is 1. The molecule has 0 unspecified atom stereocenters. The number of hydrogen-bond acceptors (Lipinski definition) is 4. The van der Waals surface area contributed by atoms with E-state index >= 15 is 0 Å².